The first kappa shape index (κ1) is 19.4. The van der Waals surface area contributed by atoms with Gasteiger partial charge in [-0.1, -0.05) is 42.3 Å². The maximum atomic E-state index is 12.7. The summed E-state index contributed by atoms with van der Waals surface area (Å²) in [6.45, 7) is 0.978. The highest BCUT2D eigenvalue weighted by atomic mass is 32.1. The average Bonchev–Trinajstić information content (AvgIpc) is 3.37. The molecule has 7 heteroatoms. The number of benzene rings is 1. The number of nitrogens with one attached hydrogen (secondary N) is 2. The van der Waals surface area contributed by atoms with E-state index < -0.39 is 0 Å². The minimum atomic E-state index is -0.257. The molecule has 0 aliphatic carbocycles. The molecule has 0 atom stereocenters. The maximum absolute atomic E-state index is 12.7. The third kappa shape index (κ3) is 5.09. The Morgan fingerprint density at radius 1 is 1.14 bits per heavy atom. The Morgan fingerprint density at radius 2 is 1.96 bits per heavy atom. The quantitative estimate of drug-likeness (QED) is 0.579. The summed E-state index contributed by atoms with van der Waals surface area (Å²) < 4.78 is 1.76. The second-order valence-electron chi connectivity index (χ2n) is 6.04. The lowest BCUT2D eigenvalue weighted by Gasteiger charge is -2.05. The first-order valence-electron chi connectivity index (χ1n) is 8.81. The Morgan fingerprint density at radius 3 is 2.68 bits per heavy atom. The number of thiophene rings is 1. The standard InChI is InChI=1S/C21H20N4O2S/c1-2-11-22-19(26)10-12-23-21(27)17-15-25(14-16-7-4-3-5-8-16)24-20(17)18-9-6-13-28-18/h1,3-9,13,15H,10-12,14H2,(H,22,26)(H,23,27). The number of amides is 2. The normalized spacial score (nSPS) is 10.2. The zero-order valence-electron chi connectivity index (χ0n) is 15.2. The fraction of sp³-hybridized carbons (Fsp3) is 0.190. The zero-order chi connectivity index (χ0) is 19.8. The Balaban J connectivity index is 1.72. The van der Waals surface area contributed by atoms with Crippen molar-refractivity contribution in [2.45, 2.75) is 13.0 Å². The van der Waals surface area contributed by atoms with Gasteiger partial charge in [0, 0.05) is 19.2 Å². The molecule has 0 radical (unpaired) electrons. The molecule has 2 N–H and O–H groups in total. The lowest BCUT2D eigenvalue weighted by atomic mass is 10.2. The SMILES string of the molecule is C#CCNC(=O)CCNC(=O)c1cn(Cc2ccccc2)nc1-c1cccs1. The average molecular weight is 392 g/mol. The van der Waals surface area contributed by atoms with Crippen molar-refractivity contribution < 1.29 is 9.59 Å². The highest BCUT2D eigenvalue weighted by Gasteiger charge is 2.19. The third-order valence-corrected chi connectivity index (χ3v) is 4.85. The van der Waals surface area contributed by atoms with Crippen LogP contribution in [0.5, 0.6) is 0 Å². The smallest absolute Gasteiger partial charge is 0.255 e. The maximum Gasteiger partial charge on any atom is 0.255 e. The second kappa shape index (κ2) is 9.53. The molecule has 2 heterocycles. The van der Waals surface area contributed by atoms with E-state index in [-0.39, 0.29) is 31.3 Å². The van der Waals surface area contributed by atoms with Crippen LogP contribution >= 0.6 is 11.3 Å². The molecule has 0 saturated heterocycles. The van der Waals surface area contributed by atoms with Gasteiger partial charge in [0.15, 0.2) is 0 Å². The van der Waals surface area contributed by atoms with Gasteiger partial charge in [0.05, 0.1) is 23.5 Å². The number of terminal acetylenes is 1. The van der Waals surface area contributed by atoms with Crippen molar-refractivity contribution in [1.82, 2.24) is 20.4 Å². The van der Waals surface area contributed by atoms with E-state index in [1.807, 2.05) is 47.8 Å². The van der Waals surface area contributed by atoms with E-state index in [0.717, 1.165) is 10.4 Å². The van der Waals surface area contributed by atoms with Crippen LogP contribution in [0.2, 0.25) is 0 Å². The van der Waals surface area contributed by atoms with Crippen LogP contribution in [0.25, 0.3) is 10.6 Å². The molecule has 1 aromatic carbocycles. The zero-order valence-corrected chi connectivity index (χ0v) is 16.0. The van der Waals surface area contributed by atoms with Crippen molar-refractivity contribution in [1.29, 1.82) is 0 Å². The van der Waals surface area contributed by atoms with Crippen LogP contribution in [0.3, 0.4) is 0 Å². The molecule has 0 saturated carbocycles. The van der Waals surface area contributed by atoms with Gasteiger partial charge in [-0.05, 0) is 17.0 Å². The first-order chi connectivity index (χ1) is 13.7. The summed E-state index contributed by atoms with van der Waals surface area (Å²) in [6, 6.07) is 13.8. The lowest BCUT2D eigenvalue weighted by molar-refractivity contribution is -0.120. The summed E-state index contributed by atoms with van der Waals surface area (Å²) in [5, 5.41) is 11.9. The van der Waals surface area contributed by atoms with Crippen molar-refractivity contribution in [3.05, 3.63) is 65.2 Å². The number of hydrogen-bond acceptors (Lipinski definition) is 4. The lowest BCUT2D eigenvalue weighted by Crippen LogP contribution is -2.30. The monoisotopic (exact) mass is 392 g/mol. The Bertz CT molecular complexity index is 972. The topological polar surface area (TPSA) is 76.0 Å². The third-order valence-electron chi connectivity index (χ3n) is 3.97. The minimum Gasteiger partial charge on any atom is -0.351 e. The number of rotatable bonds is 8. The molecule has 3 rings (SSSR count). The molecule has 0 aliphatic rings. The molecule has 142 valence electrons. The number of nitrogens with zero attached hydrogens (tertiary/aromatic N) is 2. The van der Waals surface area contributed by atoms with Crippen molar-refractivity contribution in [2.75, 3.05) is 13.1 Å². The Labute approximate surface area is 167 Å². The molecule has 0 unspecified atom stereocenters. The number of carbonyl (C=O) groups is 2. The summed E-state index contributed by atoms with van der Waals surface area (Å²) in [7, 11) is 0. The van der Waals surface area contributed by atoms with Gasteiger partial charge in [-0.15, -0.1) is 17.8 Å². The molecular weight excluding hydrogens is 372 g/mol. The predicted octanol–water partition coefficient (Wildman–Crippen LogP) is 2.53. The Hall–Kier alpha value is -3.37. The minimum absolute atomic E-state index is 0.167. The van der Waals surface area contributed by atoms with Gasteiger partial charge in [0.2, 0.25) is 5.91 Å². The number of hydrogen-bond donors (Lipinski definition) is 2. The van der Waals surface area contributed by atoms with Gasteiger partial charge in [-0.2, -0.15) is 5.10 Å². The van der Waals surface area contributed by atoms with Gasteiger partial charge < -0.3 is 10.6 Å². The highest BCUT2D eigenvalue weighted by molar-refractivity contribution is 7.13. The van der Waals surface area contributed by atoms with Crippen LogP contribution in [0, 0.1) is 12.3 Å². The van der Waals surface area contributed by atoms with Crippen molar-refractivity contribution in [3.8, 4) is 22.9 Å². The molecule has 0 aliphatic heterocycles. The largest absolute Gasteiger partial charge is 0.351 e. The predicted molar refractivity (Wildman–Crippen MR) is 110 cm³/mol. The van der Waals surface area contributed by atoms with Crippen molar-refractivity contribution in [2.24, 2.45) is 0 Å². The molecule has 2 aromatic heterocycles. The summed E-state index contributed by atoms with van der Waals surface area (Å²) in [5.74, 6) is 1.89. The van der Waals surface area contributed by atoms with E-state index in [0.29, 0.717) is 17.8 Å². The van der Waals surface area contributed by atoms with E-state index in [4.69, 9.17) is 6.42 Å². The van der Waals surface area contributed by atoms with Crippen LogP contribution in [0.1, 0.15) is 22.3 Å². The molecular formula is C21H20N4O2S. The second-order valence-corrected chi connectivity index (χ2v) is 6.99. The molecule has 6 nitrogen and oxygen atoms in total. The van der Waals surface area contributed by atoms with Crippen molar-refractivity contribution in [3.63, 3.8) is 0 Å². The van der Waals surface area contributed by atoms with Crippen LogP contribution in [0.4, 0.5) is 0 Å². The fourth-order valence-electron chi connectivity index (χ4n) is 2.66. The van der Waals surface area contributed by atoms with Crippen LogP contribution in [-0.4, -0.2) is 34.7 Å². The molecule has 0 spiro atoms. The van der Waals surface area contributed by atoms with Gasteiger partial charge in [-0.25, -0.2) is 0 Å². The van der Waals surface area contributed by atoms with Gasteiger partial charge in [0.1, 0.15) is 5.69 Å². The molecule has 28 heavy (non-hydrogen) atoms. The van der Waals surface area contributed by atoms with Crippen LogP contribution in [-0.2, 0) is 11.3 Å². The van der Waals surface area contributed by atoms with E-state index in [2.05, 4.69) is 21.7 Å². The summed E-state index contributed by atoms with van der Waals surface area (Å²) in [5.41, 5.74) is 2.22. The van der Waals surface area contributed by atoms with Gasteiger partial charge in [0.25, 0.3) is 5.91 Å². The molecule has 3 aromatic rings. The van der Waals surface area contributed by atoms with Crippen LogP contribution < -0.4 is 10.6 Å². The highest BCUT2D eigenvalue weighted by Crippen LogP contribution is 2.27. The molecule has 0 fully saturated rings. The first-order valence-corrected chi connectivity index (χ1v) is 9.69. The number of carbonyl (C=O) groups excluding carboxylic acids is 2. The van der Waals surface area contributed by atoms with Gasteiger partial charge in [-0.3, -0.25) is 14.3 Å². The van der Waals surface area contributed by atoms with E-state index in [9.17, 15) is 9.59 Å². The van der Waals surface area contributed by atoms with E-state index in [1.165, 1.54) is 11.3 Å². The van der Waals surface area contributed by atoms with E-state index >= 15 is 0 Å². The summed E-state index contributed by atoms with van der Waals surface area (Å²) in [6.07, 6.45) is 7.02. The number of aromatic nitrogens is 2. The Kier molecular flexibility index (Phi) is 6.60. The van der Waals surface area contributed by atoms with Gasteiger partial charge >= 0.3 is 0 Å². The molecule has 0 bridgehead atoms. The van der Waals surface area contributed by atoms with E-state index in [1.54, 1.807) is 10.9 Å². The summed E-state index contributed by atoms with van der Waals surface area (Å²) in [4.78, 5) is 25.2. The van der Waals surface area contributed by atoms with Crippen molar-refractivity contribution >= 4 is 23.2 Å². The summed E-state index contributed by atoms with van der Waals surface area (Å²) >= 11 is 1.53. The van der Waals surface area contributed by atoms with Crippen LogP contribution in [0.15, 0.2) is 54.0 Å². The molecule has 2 amide bonds. The fourth-order valence-corrected chi connectivity index (χ4v) is 3.38.